The Balaban J connectivity index is 1.73. The van der Waals surface area contributed by atoms with Crippen molar-refractivity contribution in [1.82, 2.24) is 4.90 Å². The van der Waals surface area contributed by atoms with Crippen molar-refractivity contribution in [3.63, 3.8) is 0 Å². The molecule has 2 N–H and O–H groups in total. The number of ketones is 1. The molecule has 0 aromatic heterocycles. The molecule has 3 nitrogen and oxygen atoms in total. The van der Waals surface area contributed by atoms with Crippen molar-refractivity contribution in [2.75, 3.05) is 19.6 Å². The van der Waals surface area contributed by atoms with Gasteiger partial charge in [0, 0.05) is 29.0 Å². The zero-order chi connectivity index (χ0) is 13.7. The summed E-state index contributed by atoms with van der Waals surface area (Å²) in [6, 6.07) is 7.90. The van der Waals surface area contributed by atoms with Crippen LogP contribution in [0.5, 0.6) is 0 Å². The quantitative estimate of drug-likeness (QED) is 0.847. The van der Waals surface area contributed by atoms with Gasteiger partial charge in [0.05, 0.1) is 0 Å². The number of likely N-dealkylation sites (tertiary alicyclic amines) is 1. The molecule has 1 aromatic carbocycles. The molecule has 0 bridgehead atoms. The number of nitrogens with zero attached hydrogens (tertiary/aromatic N) is 1. The lowest BCUT2D eigenvalue weighted by Gasteiger charge is -2.30. The topological polar surface area (TPSA) is 46.3 Å². The molecule has 1 heterocycles. The van der Waals surface area contributed by atoms with Gasteiger partial charge in [-0.25, -0.2) is 0 Å². The van der Waals surface area contributed by atoms with Crippen LogP contribution in [0.2, 0.25) is 0 Å². The molecule has 1 fully saturated rings. The van der Waals surface area contributed by atoms with E-state index in [9.17, 15) is 4.79 Å². The van der Waals surface area contributed by atoms with Gasteiger partial charge in [-0.05, 0) is 44.5 Å². The summed E-state index contributed by atoms with van der Waals surface area (Å²) in [7, 11) is 0. The maximum absolute atomic E-state index is 12.0. The lowest BCUT2D eigenvalue weighted by atomic mass is 10.0. The number of carbonyl (C=O) groups excluding carboxylic acids is 1. The molecular weight excluding hydrogens is 304 g/mol. The number of hydrogen-bond donors (Lipinski definition) is 1. The van der Waals surface area contributed by atoms with Crippen molar-refractivity contribution in [3.05, 3.63) is 34.3 Å². The van der Waals surface area contributed by atoms with E-state index in [4.69, 9.17) is 5.73 Å². The molecule has 0 spiro atoms. The van der Waals surface area contributed by atoms with E-state index < -0.39 is 0 Å². The molecule has 1 aromatic rings. The zero-order valence-corrected chi connectivity index (χ0v) is 12.7. The van der Waals surface area contributed by atoms with Crippen LogP contribution in [0.15, 0.2) is 28.7 Å². The molecule has 1 atom stereocenters. The molecule has 1 saturated heterocycles. The molecule has 0 radical (unpaired) electrons. The predicted octanol–water partition coefficient (Wildman–Crippen LogP) is 2.84. The molecule has 0 saturated carbocycles. The van der Waals surface area contributed by atoms with E-state index in [1.165, 1.54) is 6.42 Å². The molecule has 0 amide bonds. The predicted molar refractivity (Wildman–Crippen MR) is 81.4 cm³/mol. The number of halogens is 1. The SMILES string of the molecule is NC1CCCN(CCCC(=O)c2ccc(Br)cc2)C1. The first kappa shape index (κ1) is 14.7. The summed E-state index contributed by atoms with van der Waals surface area (Å²) in [5.74, 6) is 0.230. The first-order valence-corrected chi connectivity index (χ1v) is 7.71. The summed E-state index contributed by atoms with van der Waals surface area (Å²) < 4.78 is 1.01. The highest BCUT2D eigenvalue weighted by molar-refractivity contribution is 9.10. The van der Waals surface area contributed by atoms with Crippen LogP contribution in [-0.2, 0) is 0 Å². The van der Waals surface area contributed by atoms with E-state index in [0.29, 0.717) is 12.5 Å². The Bertz CT molecular complexity index is 419. The van der Waals surface area contributed by atoms with Crippen molar-refractivity contribution in [1.29, 1.82) is 0 Å². The average Bonchev–Trinajstić information content (AvgIpc) is 2.39. The van der Waals surface area contributed by atoms with Gasteiger partial charge in [0.2, 0.25) is 0 Å². The van der Waals surface area contributed by atoms with Crippen molar-refractivity contribution in [3.8, 4) is 0 Å². The third-order valence-electron chi connectivity index (χ3n) is 3.59. The second kappa shape index (κ2) is 7.17. The fraction of sp³-hybridized carbons (Fsp3) is 0.533. The van der Waals surface area contributed by atoms with E-state index in [1.54, 1.807) is 0 Å². The van der Waals surface area contributed by atoms with Crippen molar-refractivity contribution in [2.24, 2.45) is 5.73 Å². The minimum Gasteiger partial charge on any atom is -0.327 e. The zero-order valence-electron chi connectivity index (χ0n) is 11.1. The molecule has 1 unspecified atom stereocenters. The summed E-state index contributed by atoms with van der Waals surface area (Å²) >= 11 is 3.38. The van der Waals surface area contributed by atoms with Gasteiger partial charge in [-0.1, -0.05) is 28.1 Å². The largest absolute Gasteiger partial charge is 0.327 e. The highest BCUT2D eigenvalue weighted by Gasteiger charge is 2.16. The molecule has 1 aliphatic rings. The van der Waals surface area contributed by atoms with Crippen molar-refractivity contribution < 1.29 is 4.79 Å². The highest BCUT2D eigenvalue weighted by atomic mass is 79.9. The monoisotopic (exact) mass is 324 g/mol. The number of piperidine rings is 1. The normalized spacial score (nSPS) is 20.4. The van der Waals surface area contributed by atoms with Crippen LogP contribution in [0, 0.1) is 0 Å². The van der Waals surface area contributed by atoms with Gasteiger partial charge < -0.3 is 10.6 Å². The van der Waals surface area contributed by atoms with Gasteiger partial charge in [0.1, 0.15) is 0 Å². The molecule has 0 aliphatic carbocycles. The summed E-state index contributed by atoms with van der Waals surface area (Å²) in [6.45, 7) is 3.09. The third-order valence-corrected chi connectivity index (χ3v) is 4.12. The number of rotatable bonds is 5. The number of hydrogen-bond acceptors (Lipinski definition) is 3. The van der Waals surface area contributed by atoms with Crippen molar-refractivity contribution >= 4 is 21.7 Å². The second-order valence-corrected chi connectivity index (χ2v) is 6.15. The molecule has 2 rings (SSSR count). The Morgan fingerprint density at radius 2 is 2.11 bits per heavy atom. The molecule has 19 heavy (non-hydrogen) atoms. The maximum Gasteiger partial charge on any atom is 0.162 e. The Hall–Kier alpha value is -0.710. The number of Topliss-reactive ketones (excluding diaryl/α,β-unsaturated/α-hetero) is 1. The Labute approximate surface area is 123 Å². The van der Waals surface area contributed by atoms with E-state index >= 15 is 0 Å². The van der Waals surface area contributed by atoms with E-state index in [-0.39, 0.29) is 5.78 Å². The average molecular weight is 325 g/mol. The first-order chi connectivity index (χ1) is 9.15. The second-order valence-electron chi connectivity index (χ2n) is 5.24. The van der Waals surface area contributed by atoms with E-state index in [0.717, 1.165) is 42.5 Å². The van der Waals surface area contributed by atoms with Crippen LogP contribution in [0.3, 0.4) is 0 Å². The van der Waals surface area contributed by atoms with Crippen LogP contribution in [0.25, 0.3) is 0 Å². The van der Waals surface area contributed by atoms with Crippen LogP contribution in [0.1, 0.15) is 36.0 Å². The summed E-state index contributed by atoms with van der Waals surface area (Å²) in [4.78, 5) is 14.4. The van der Waals surface area contributed by atoms with Gasteiger partial charge in [-0.15, -0.1) is 0 Å². The molecule has 1 aliphatic heterocycles. The first-order valence-electron chi connectivity index (χ1n) is 6.92. The number of carbonyl (C=O) groups is 1. The minimum absolute atomic E-state index is 0.230. The maximum atomic E-state index is 12.0. The van der Waals surface area contributed by atoms with Crippen molar-refractivity contribution in [2.45, 2.75) is 31.7 Å². The number of nitrogens with two attached hydrogens (primary N) is 1. The third kappa shape index (κ3) is 4.71. The van der Waals surface area contributed by atoms with Gasteiger partial charge >= 0.3 is 0 Å². The van der Waals surface area contributed by atoms with Gasteiger partial charge in [0.15, 0.2) is 5.78 Å². The molecule has 4 heteroatoms. The van der Waals surface area contributed by atoms with Crippen LogP contribution in [-0.4, -0.2) is 36.4 Å². The van der Waals surface area contributed by atoms with E-state index in [2.05, 4.69) is 20.8 Å². The summed E-state index contributed by atoms with van der Waals surface area (Å²) in [6.07, 6.45) is 3.85. The fourth-order valence-electron chi connectivity index (χ4n) is 2.54. The molecule has 104 valence electrons. The van der Waals surface area contributed by atoms with E-state index in [1.807, 2.05) is 24.3 Å². The summed E-state index contributed by atoms with van der Waals surface area (Å²) in [5, 5.41) is 0. The minimum atomic E-state index is 0.230. The lowest BCUT2D eigenvalue weighted by molar-refractivity contribution is 0.0972. The molecular formula is C15H21BrN2O. The highest BCUT2D eigenvalue weighted by Crippen LogP contribution is 2.13. The lowest BCUT2D eigenvalue weighted by Crippen LogP contribution is -2.43. The Kier molecular flexibility index (Phi) is 5.55. The Morgan fingerprint density at radius 3 is 2.79 bits per heavy atom. The smallest absolute Gasteiger partial charge is 0.162 e. The van der Waals surface area contributed by atoms with Gasteiger partial charge in [-0.2, -0.15) is 0 Å². The van der Waals surface area contributed by atoms with Crippen LogP contribution >= 0.6 is 15.9 Å². The Morgan fingerprint density at radius 1 is 1.37 bits per heavy atom. The van der Waals surface area contributed by atoms with Crippen LogP contribution < -0.4 is 5.73 Å². The standard InChI is InChI=1S/C15H21BrN2O/c16-13-7-5-12(6-8-13)15(19)4-2-10-18-9-1-3-14(17)11-18/h5-8,14H,1-4,9-11,17H2. The van der Waals surface area contributed by atoms with Gasteiger partial charge in [-0.3, -0.25) is 4.79 Å². The van der Waals surface area contributed by atoms with Crippen LogP contribution in [0.4, 0.5) is 0 Å². The fourth-order valence-corrected chi connectivity index (χ4v) is 2.80. The number of benzene rings is 1. The van der Waals surface area contributed by atoms with Gasteiger partial charge in [0.25, 0.3) is 0 Å². The summed E-state index contributed by atoms with van der Waals surface area (Å²) in [5.41, 5.74) is 6.75.